The van der Waals surface area contributed by atoms with Crippen molar-refractivity contribution in [3.63, 3.8) is 0 Å². The molecule has 10 atom stereocenters. The summed E-state index contributed by atoms with van der Waals surface area (Å²) in [5, 5.41) is 14.4. The van der Waals surface area contributed by atoms with E-state index in [4.69, 9.17) is 0 Å². The van der Waals surface area contributed by atoms with E-state index >= 15 is 0 Å². The minimum atomic E-state index is -0.0615. The third kappa shape index (κ3) is 2.94. The minimum Gasteiger partial charge on any atom is -0.393 e. The fraction of sp³-hybridized carbons (Fsp3) is 1.00. The van der Waals surface area contributed by atoms with Crippen LogP contribution in [0, 0.1) is 46.3 Å². The zero-order valence-electron chi connectivity index (χ0n) is 19.8. The summed E-state index contributed by atoms with van der Waals surface area (Å²) >= 11 is 0. The Labute approximate surface area is 180 Å². The number of rotatable bonds is 5. The highest BCUT2D eigenvalue weighted by Crippen LogP contribution is 2.72. The molecule has 166 valence electrons. The van der Waals surface area contributed by atoms with E-state index in [2.05, 4.69) is 39.9 Å². The molecule has 0 aromatic carbocycles. The molecule has 5 aliphatic rings. The van der Waals surface area contributed by atoms with Crippen LogP contribution in [0.4, 0.5) is 0 Å². The molecule has 4 aliphatic carbocycles. The minimum absolute atomic E-state index is 0.0615. The topological polar surface area (TPSA) is 42.2 Å². The molecule has 0 amide bonds. The molecule has 0 radical (unpaired) electrons. The standard InChI is InChI=1S/C27H47NO/c1-17(2)7-6-8-18(3)21-9-10-22-20-15-24-27(28-24)16-19(29)11-14-26(27,5)23(20)12-13-25(21,22)4/h17-24,28-29H,6-16H2,1-5H3/t18-,19+,20+,21-,22+,23+,24-,25-,26?,27-/m1/s1. The Balaban J connectivity index is 1.33. The van der Waals surface area contributed by atoms with E-state index in [1.165, 1.54) is 57.8 Å². The summed E-state index contributed by atoms with van der Waals surface area (Å²) in [5.41, 5.74) is 1.32. The Morgan fingerprint density at radius 1 is 0.966 bits per heavy atom. The van der Waals surface area contributed by atoms with Crippen LogP contribution in [0.25, 0.3) is 0 Å². The van der Waals surface area contributed by atoms with E-state index < -0.39 is 0 Å². The highest BCUT2D eigenvalue weighted by atomic mass is 16.3. The van der Waals surface area contributed by atoms with E-state index in [0.29, 0.717) is 22.4 Å². The Morgan fingerprint density at radius 3 is 2.52 bits per heavy atom. The Hall–Kier alpha value is -0.0800. The van der Waals surface area contributed by atoms with Crippen LogP contribution in [-0.2, 0) is 0 Å². The molecule has 4 saturated carbocycles. The summed E-state index contributed by atoms with van der Waals surface area (Å²) in [4.78, 5) is 0. The molecule has 29 heavy (non-hydrogen) atoms. The van der Waals surface area contributed by atoms with Crippen LogP contribution in [0.2, 0.25) is 0 Å². The van der Waals surface area contributed by atoms with Gasteiger partial charge in [-0.15, -0.1) is 0 Å². The van der Waals surface area contributed by atoms with Gasteiger partial charge in [-0.1, -0.05) is 53.9 Å². The smallest absolute Gasteiger partial charge is 0.0558 e. The average molecular weight is 402 g/mol. The molecule has 1 saturated heterocycles. The molecule has 5 rings (SSSR count). The van der Waals surface area contributed by atoms with Crippen LogP contribution in [0.1, 0.15) is 105 Å². The van der Waals surface area contributed by atoms with Gasteiger partial charge < -0.3 is 10.4 Å². The van der Waals surface area contributed by atoms with Crippen molar-refractivity contribution >= 4 is 0 Å². The van der Waals surface area contributed by atoms with Crippen LogP contribution < -0.4 is 5.32 Å². The van der Waals surface area contributed by atoms with Gasteiger partial charge in [0.1, 0.15) is 0 Å². The SMILES string of the molecule is CC(C)CCC[C@@H](C)[C@H]1CC[C@H]2[C@@H]3C[C@H]4N[C@]45C[C@@H](O)CCC5(C)[C@H]3CC[C@]12C. The zero-order chi connectivity index (χ0) is 20.6. The number of aliphatic hydroxyl groups is 1. The Bertz CT molecular complexity index is 632. The fourth-order valence-electron chi connectivity index (χ4n) is 9.91. The average Bonchev–Trinajstić information content (AvgIpc) is 3.22. The monoisotopic (exact) mass is 401 g/mol. The first-order valence-corrected chi connectivity index (χ1v) is 13.2. The summed E-state index contributed by atoms with van der Waals surface area (Å²) in [5.74, 6) is 5.52. The molecular formula is C27H47NO. The molecule has 1 unspecified atom stereocenters. The zero-order valence-corrected chi connectivity index (χ0v) is 19.8. The van der Waals surface area contributed by atoms with Gasteiger partial charge in [0.25, 0.3) is 0 Å². The highest BCUT2D eigenvalue weighted by Gasteiger charge is 2.74. The summed E-state index contributed by atoms with van der Waals surface area (Å²) < 4.78 is 0. The van der Waals surface area contributed by atoms with E-state index in [-0.39, 0.29) is 6.10 Å². The molecule has 1 spiro atoms. The van der Waals surface area contributed by atoms with E-state index in [0.717, 1.165) is 48.3 Å². The van der Waals surface area contributed by atoms with Gasteiger partial charge in [0.2, 0.25) is 0 Å². The van der Waals surface area contributed by atoms with E-state index in [9.17, 15) is 5.11 Å². The summed E-state index contributed by atoms with van der Waals surface area (Å²) in [6.07, 6.45) is 14.8. The Morgan fingerprint density at radius 2 is 1.76 bits per heavy atom. The molecule has 2 heteroatoms. The van der Waals surface area contributed by atoms with Crippen molar-refractivity contribution in [3.8, 4) is 0 Å². The maximum Gasteiger partial charge on any atom is 0.0558 e. The first-order chi connectivity index (χ1) is 13.7. The normalized spacial score (nSPS) is 54.3. The van der Waals surface area contributed by atoms with Gasteiger partial charge in [-0.3, -0.25) is 0 Å². The van der Waals surface area contributed by atoms with Crippen LogP contribution in [0.5, 0.6) is 0 Å². The molecule has 1 aliphatic heterocycles. The second kappa shape index (κ2) is 6.96. The first-order valence-electron chi connectivity index (χ1n) is 13.2. The third-order valence-electron chi connectivity index (χ3n) is 11.5. The lowest BCUT2D eigenvalue weighted by Crippen LogP contribution is -2.59. The number of hydrogen-bond acceptors (Lipinski definition) is 2. The summed E-state index contributed by atoms with van der Waals surface area (Å²) in [6.45, 7) is 12.7. The van der Waals surface area contributed by atoms with Gasteiger partial charge in [0.05, 0.1) is 6.10 Å². The maximum absolute atomic E-state index is 10.4. The van der Waals surface area contributed by atoms with E-state index in [1.807, 2.05) is 0 Å². The molecule has 0 bridgehead atoms. The van der Waals surface area contributed by atoms with Crippen molar-refractivity contribution in [2.75, 3.05) is 0 Å². The number of hydrogen-bond donors (Lipinski definition) is 2. The van der Waals surface area contributed by atoms with Crippen LogP contribution in [0.15, 0.2) is 0 Å². The number of nitrogens with one attached hydrogen (secondary N) is 1. The molecule has 0 aromatic rings. The van der Waals surface area contributed by atoms with Crippen molar-refractivity contribution in [1.29, 1.82) is 0 Å². The predicted molar refractivity (Wildman–Crippen MR) is 121 cm³/mol. The van der Waals surface area contributed by atoms with Crippen LogP contribution >= 0.6 is 0 Å². The number of fused-ring (bicyclic) bond motifs is 4. The number of aliphatic hydroxyl groups excluding tert-OH is 1. The molecular weight excluding hydrogens is 354 g/mol. The van der Waals surface area contributed by atoms with E-state index in [1.54, 1.807) is 0 Å². The maximum atomic E-state index is 10.4. The van der Waals surface area contributed by atoms with Gasteiger partial charge in [-0.2, -0.15) is 0 Å². The van der Waals surface area contributed by atoms with Crippen LogP contribution in [-0.4, -0.2) is 22.8 Å². The summed E-state index contributed by atoms with van der Waals surface area (Å²) in [7, 11) is 0. The highest BCUT2D eigenvalue weighted by molar-refractivity contribution is 5.30. The lowest BCUT2D eigenvalue weighted by molar-refractivity contribution is -0.106. The van der Waals surface area contributed by atoms with Gasteiger partial charge in [0.15, 0.2) is 0 Å². The lowest BCUT2D eigenvalue weighted by Gasteiger charge is -2.60. The first kappa shape index (κ1) is 20.8. The summed E-state index contributed by atoms with van der Waals surface area (Å²) in [6, 6.07) is 0.702. The molecule has 2 N–H and O–H groups in total. The lowest BCUT2D eigenvalue weighted by atomic mass is 9.44. The third-order valence-corrected chi connectivity index (χ3v) is 11.5. The van der Waals surface area contributed by atoms with Crippen LogP contribution in [0.3, 0.4) is 0 Å². The van der Waals surface area contributed by atoms with Gasteiger partial charge in [-0.25, -0.2) is 0 Å². The van der Waals surface area contributed by atoms with Crippen molar-refractivity contribution in [2.24, 2.45) is 46.3 Å². The molecule has 1 heterocycles. The van der Waals surface area contributed by atoms with Crippen molar-refractivity contribution in [3.05, 3.63) is 0 Å². The van der Waals surface area contributed by atoms with Gasteiger partial charge in [-0.05, 0) is 97.7 Å². The van der Waals surface area contributed by atoms with Crippen molar-refractivity contribution in [2.45, 2.75) is 123 Å². The fourth-order valence-corrected chi connectivity index (χ4v) is 9.91. The predicted octanol–water partition coefficient (Wildman–Crippen LogP) is 6.17. The molecule has 5 fully saturated rings. The second-order valence-electron chi connectivity index (χ2n) is 13.1. The molecule has 0 aromatic heterocycles. The van der Waals surface area contributed by atoms with Gasteiger partial charge in [0, 0.05) is 11.6 Å². The molecule has 2 nitrogen and oxygen atoms in total. The van der Waals surface area contributed by atoms with Crippen molar-refractivity contribution < 1.29 is 5.11 Å². The second-order valence-corrected chi connectivity index (χ2v) is 13.1. The largest absolute Gasteiger partial charge is 0.393 e. The quantitative estimate of drug-likeness (QED) is 0.541. The van der Waals surface area contributed by atoms with Gasteiger partial charge >= 0.3 is 0 Å². The van der Waals surface area contributed by atoms with Crippen molar-refractivity contribution in [1.82, 2.24) is 5.32 Å². The Kier molecular flexibility index (Phi) is 4.99.